The Morgan fingerprint density at radius 1 is 0.862 bits per heavy atom. The van der Waals surface area contributed by atoms with Gasteiger partial charge in [-0.3, -0.25) is 4.79 Å². The summed E-state index contributed by atoms with van der Waals surface area (Å²) >= 11 is 0. The minimum absolute atomic E-state index is 0.158. The fraction of sp³-hybridized carbons (Fsp3) is 0.240. The van der Waals surface area contributed by atoms with Crippen molar-refractivity contribution in [2.75, 3.05) is 11.9 Å². The molecule has 0 saturated heterocycles. The fourth-order valence-electron chi connectivity index (χ4n) is 3.25. The molecule has 3 rings (SSSR count). The van der Waals surface area contributed by atoms with Gasteiger partial charge >= 0.3 is 0 Å². The standard InChI is InChI=1S/C25H27NO3/c1-5-28-24-10-9-20(25(27)26-22-12-18(3)11-19(4)13-22)15-21(24)16-29-23-8-6-7-17(2)14-23/h6-15H,5,16H2,1-4H3,(H,26,27). The molecule has 0 atom stereocenters. The molecule has 0 aliphatic carbocycles. The Kier molecular flexibility index (Phi) is 6.55. The first-order chi connectivity index (χ1) is 13.9. The fourth-order valence-corrected chi connectivity index (χ4v) is 3.25. The predicted octanol–water partition coefficient (Wildman–Crippen LogP) is 5.84. The van der Waals surface area contributed by atoms with Gasteiger partial charge in [-0.1, -0.05) is 18.2 Å². The molecular formula is C25H27NO3. The van der Waals surface area contributed by atoms with Crippen molar-refractivity contribution < 1.29 is 14.3 Å². The van der Waals surface area contributed by atoms with Gasteiger partial charge in [0.2, 0.25) is 0 Å². The van der Waals surface area contributed by atoms with E-state index in [2.05, 4.69) is 11.4 Å². The van der Waals surface area contributed by atoms with Gasteiger partial charge in [0.15, 0.2) is 0 Å². The highest BCUT2D eigenvalue weighted by Crippen LogP contribution is 2.24. The molecule has 0 radical (unpaired) electrons. The van der Waals surface area contributed by atoms with Gasteiger partial charge in [0.1, 0.15) is 18.1 Å². The molecule has 3 aromatic carbocycles. The number of anilines is 1. The average Bonchev–Trinajstić information content (AvgIpc) is 2.66. The minimum Gasteiger partial charge on any atom is -0.493 e. The van der Waals surface area contributed by atoms with Crippen molar-refractivity contribution in [1.29, 1.82) is 0 Å². The number of carbonyl (C=O) groups excluding carboxylic acids is 1. The van der Waals surface area contributed by atoms with Gasteiger partial charge in [-0.25, -0.2) is 0 Å². The van der Waals surface area contributed by atoms with Crippen molar-refractivity contribution in [3.63, 3.8) is 0 Å². The van der Waals surface area contributed by atoms with Gasteiger partial charge in [-0.05, 0) is 86.8 Å². The van der Waals surface area contributed by atoms with Crippen LogP contribution in [-0.2, 0) is 6.61 Å². The van der Waals surface area contributed by atoms with E-state index in [4.69, 9.17) is 9.47 Å². The van der Waals surface area contributed by atoms with Crippen LogP contribution >= 0.6 is 0 Å². The lowest BCUT2D eigenvalue weighted by atomic mass is 10.1. The first kappa shape index (κ1) is 20.5. The Hall–Kier alpha value is -3.27. The Bertz CT molecular complexity index is 990. The summed E-state index contributed by atoms with van der Waals surface area (Å²) in [6.45, 7) is 8.86. The van der Waals surface area contributed by atoms with E-state index in [-0.39, 0.29) is 5.91 Å². The third-order valence-corrected chi connectivity index (χ3v) is 4.49. The Labute approximate surface area is 172 Å². The number of hydrogen-bond acceptors (Lipinski definition) is 3. The van der Waals surface area contributed by atoms with Crippen LogP contribution in [0.25, 0.3) is 0 Å². The molecule has 0 aliphatic heterocycles. The maximum Gasteiger partial charge on any atom is 0.255 e. The summed E-state index contributed by atoms with van der Waals surface area (Å²) in [5.41, 5.74) is 5.54. The monoisotopic (exact) mass is 389 g/mol. The Morgan fingerprint density at radius 2 is 1.62 bits per heavy atom. The Morgan fingerprint density at radius 3 is 2.31 bits per heavy atom. The van der Waals surface area contributed by atoms with Crippen molar-refractivity contribution in [3.8, 4) is 11.5 Å². The molecule has 0 heterocycles. The highest BCUT2D eigenvalue weighted by Gasteiger charge is 2.12. The molecule has 0 aliphatic rings. The van der Waals surface area contributed by atoms with E-state index >= 15 is 0 Å². The number of ether oxygens (including phenoxy) is 2. The first-order valence-corrected chi connectivity index (χ1v) is 9.79. The summed E-state index contributed by atoms with van der Waals surface area (Å²) in [5.74, 6) is 1.36. The summed E-state index contributed by atoms with van der Waals surface area (Å²) in [7, 11) is 0. The Balaban J connectivity index is 1.80. The van der Waals surface area contributed by atoms with E-state index in [1.165, 1.54) is 0 Å². The van der Waals surface area contributed by atoms with Gasteiger partial charge in [0.05, 0.1) is 6.61 Å². The zero-order valence-electron chi connectivity index (χ0n) is 17.4. The lowest BCUT2D eigenvalue weighted by molar-refractivity contribution is 0.102. The molecule has 0 saturated carbocycles. The molecule has 1 N–H and O–H groups in total. The third kappa shape index (κ3) is 5.61. The minimum atomic E-state index is -0.158. The zero-order valence-corrected chi connectivity index (χ0v) is 17.4. The van der Waals surface area contributed by atoms with Crippen molar-refractivity contribution >= 4 is 11.6 Å². The molecule has 1 amide bonds. The van der Waals surface area contributed by atoms with Gasteiger partial charge < -0.3 is 14.8 Å². The van der Waals surface area contributed by atoms with Gasteiger partial charge in [-0.15, -0.1) is 0 Å². The number of amides is 1. The van der Waals surface area contributed by atoms with Gasteiger partial charge in [0, 0.05) is 16.8 Å². The van der Waals surface area contributed by atoms with Gasteiger partial charge in [-0.2, -0.15) is 0 Å². The molecule has 0 aromatic heterocycles. The molecule has 150 valence electrons. The summed E-state index contributed by atoms with van der Waals surface area (Å²) in [4.78, 5) is 12.8. The van der Waals surface area contributed by atoms with Crippen molar-refractivity contribution in [2.45, 2.75) is 34.3 Å². The van der Waals surface area contributed by atoms with Crippen LogP contribution in [0.15, 0.2) is 60.7 Å². The first-order valence-electron chi connectivity index (χ1n) is 9.79. The van der Waals surface area contributed by atoms with E-state index in [9.17, 15) is 4.79 Å². The lowest BCUT2D eigenvalue weighted by Crippen LogP contribution is -2.13. The SMILES string of the molecule is CCOc1ccc(C(=O)Nc2cc(C)cc(C)c2)cc1COc1cccc(C)c1. The largest absolute Gasteiger partial charge is 0.493 e. The molecule has 0 unspecified atom stereocenters. The maximum atomic E-state index is 12.8. The van der Waals surface area contributed by atoms with Crippen molar-refractivity contribution in [3.05, 3.63) is 88.5 Å². The van der Waals surface area contributed by atoms with Crippen LogP contribution in [0.1, 0.15) is 39.5 Å². The van der Waals surface area contributed by atoms with Crippen molar-refractivity contribution in [1.82, 2.24) is 0 Å². The van der Waals surface area contributed by atoms with E-state index in [1.54, 1.807) is 6.07 Å². The van der Waals surface area contributed by atoms with Crippen LogP contribution in [0, 0.1) is 20.8 Å². The summed E-state index contributed by atoms with van der Waals surface area (Å²) in [6.07, 6.45) is 0. The number of nitrogens with one attached hydrogen (secondary N) is 1. The molecule has 0 bridgehead atoms. The third-order valence-electron chi connectivity index (χ3n) is 4.49. The van der Waals surface area contributed by atoms with E-state index in [1.807, 2.05) is 76.2 Å². The normalized spacial score (nSPS) is 10.5. The molecule has 0 fully saturated rings. The zero-order chi connectivity index (χ0) is 20.8. The summed E-state index contributed by atoms with van der Waals surface area (Å²) < 4.78 is 11.7. The van der Waals surface area contributed by atoms with Crippen LogP contribution in [0.2, 0.25) is 0 Å². The average molecular weight is 389 g/mol. The molecule has 0 spiro atoms. The smallest absolute Gasteiger partial charge is 0.255 e. The molecule has 3 aromatic rings. The van der Waals surface area contributed by atoms with E-state index in [0.29, 0.717) is 18.8 Å². The van der Waals surface area contributed by atoms with Crippen LogP contribution in [0.5, 0.6) is 11.5 Å². The number of benzene rings is 3. The van der Waals surface area contributed by atoms with E-state index < -0.39 is 0 Å². The van der Waals surface area contributed by atoms with Crippen LogP contribution in [-0.4, -0.2) is 12.5 Å². The number of rotatable bonds is 7. The van der Waals surface area contributed by atoms with Crippen LogP contribution in [0.4, 0.5) is 5.69 Å². The molecule has 4 nitrogen and oxygen atoms in total. The highest BCUT2D eigenvalue weighted by molar-refractivity contribution is 6.04. The predicted molar refractivity (Wildman–Crippen MR) is 117 cm³/mol. The molecule has 4 heteroatoms. The van der Waals surface area contributed by atoms with Gasteiger partial charge in [0.25, 0.3) is 5.91 Å². The lowest BCUT2D eigenvalue weighted by Gasteiger charge is -2.14. The second-order valence-corrected chi connectivity index (χ2v) is 7.19. The highest BCUT2D eigenvalue weighted by atomic mass is 16.5. The van der Waals surface area contributed by atoms with Crippen molar-refractivity contribution in [2.24, 2.45) is 0 Å². The number of carbonyl (C=O) groups is 1. The van der Waals surface area contributed by atoms with E-state index in [0.717, 1.165) is 39.4 Å². The summed E-state index contributed by atoms with van der Waals surface area (Å²) in [6, 6.07) is 19.3. The molecular weight excluding hydrogens is 362 g/mol. The van der Waals surface area contributed by atoms with Crippen LogP contribution < -0.4 is 14.8 Å². The quantitative estimate of drug-likeness (QED) is 0.552. The van der Waals surface area contributed by atoms with Crippen LogP contribution in [0.3, 0.4) is 0 Å². The second-order valence-electron chi connectivity index (χ2n) is 7.19. The molecule has 29 heavy (non-hydrogen) atoms. The number of aryl methyl sites for hydroxylation is 3. The summed E-state index contributed by atoms with van der Waals surface area (Å²) in [5, 5.41) is 2.98. The topological polar surface area (TPSA) is 47.6 Å². The second kappa shape index (κ2) is 9.28. The maximum absolute atomic E-state index is 12.8. The number of hydrogen-bond donors (Lipinski definition) is 1.